The second kappa shape index (κ2) is 7.75. The average Bonchev–Trinajstić information content (AvgIpc) is 2.46. The van der Waals surface area contributed by atoms with Gasteiger partial charge in [-0.05, 0) is 36.3 Å². The lowest BCUT2D eigenvalue weighted by molar-refractivity contribution is -0.114. The van der Waals surface area contributed by atoms with Crippen LogP contribution in [0.15, 0.2) is 59.5 Å². The standard InChI is InChI=1S/C17H19NOS/c1-14(19)18-16-11-5-6-12-17(16)20-13-7-10-15-8-3-2-4-9-15/h2-6,8-9,11-12H,7,10,13H2,1H3,(H,18,19). The number of anilines is 1. The van der Waals surface area contributed by atoms with E-state index in [2.05, 4.69) is 35.6 Å². The molecule has 1 N–H and O–H groups in total. The molecule has 0 unspecified atom stereocenters. The van der Waals surface area contributed by atoms with E-state index in [0.29, 0.717) is 0 Å². The van der Waals surface area contributed by atoms with E-state index >= 15 is 0 Å². The lowest BCUT2D eigenvalue weighted by atomic mass is 10.1. The van der Waals surface area contributed by atoms with Gasteiger partial charge in [0.1, 0.15) is 0 Å². The largest absolute Gasteiger partial charge is 0.325 e. The molecular weight excluding hydrogens is 266 g/mol. The summed E-state index contributed by atoms with van der Waals surface area (Å²) in [6, 6.07) is 18.5. The Morgan fingerprint density at radius 1 is 1.05 bits per heavy atom. The number of para-hydroxylation sites is 1. The molecule has 3 heteroatoms. The molecule has 0 aliphatic carbocycles. The first-order valence-corrected chi connectivity index (χ1v) is 7.77. The summed E-state index contributed by atoms with van der Waals surface area (Å²) in [5, 5.41) is 2.87. The fraction of sp³-hybridized carbons (Fsp3) is 0.235. The Morgan fingerprint density at radius 3 is 2.50 bits per heavy atom. The van der Waals surface area contributed by atoms with Gasteiger partial charge in [0.15, 0.2) is 0 Å². The molecule has 0 heterocycles. The minimum atomic E-state index is -0.0256. The fourth-order valence-electron chi connectivity index (χ4n) is 1.99. The Labute approximate surface area is 124 Å². The molecule has 0 spiro atoms. The summed E-state index contributed by atoms with van der Waals surface area (Å²) in [6.45, 7) is 1.54. The van der Waals surface area contributed by atoms with Gasteiger partial charge in [-0.25, -0.2) is 0 Å². The van der Waals surface area contributed by atoms with Crippen LogP contribution < -0.4 is 5.32 Å². The molecule has 0 aliphatic rings. The van der Waals surface area contributed by atoms with Gasteiger partial charge in [-0.15, -0.1) is 11.8 Å². The summed E-state index contributed by atoms with van der Waals surface area (Å²) in [5.74, 6) is 1.02. The maximum Gasteiger partial charge on any atom is 0.221 e. The number of carbonyl (C=O) groups is 1. The zero-order valence-corrected chi connectivity index (χ0v) is 12.5. The summed E-state index contributed by atoms with van der Waals surface area (Å²) >= 11 is 1.79. The van der Waals surface area contributed by atoms with Gasteiger partial charge < -0.3 is 5.32 Å². The highest BCUT2D eigenvalue weighted by atomic mass is 32.2. The first-order valence-electron chi connectivity index (χ1n) is 6.79. The Morgan fingerprint density at radius 2 is 1.75 bits per heavy atom. The molecule has 0 fully saturated rings. The third-order valence-corrected chi connectivity index (χ3v) is 4.07. The van der Waals surface area contributed by atoms with Crippen molar-refractivity contribution in [3.63, 3.8) is 0 Å². The number of hydrogen-bond donors (Lipinski definition) is 1. The van der Waals surface area contributed by atoms with Crippen molar-refractivity contribution >= 4 is 23.4 Å². The van der Waals surface area contributed by atoms with E-state index in [1.807, 2.05) is 24.3 Å². The minimum Gasteiger partial charge on any atom is -0.325 e. The minimum absolute atomic E-state index is 0.0256. The molecule has 2 rings (SSSR count). The van der Waals surface area contributed by atoms with Crippen LogP contribution in [0.25, 0.3) is 0 Å². The molecule has 104 valence electrons. The van der Waals surface area contributed by atoms with Crippen molar-refractivity contribution in [1.82, 2.24) is 0 Å². The number of hydrogen-bond acceptors (Lipinski definition) is 2. The SMILES string of the molecule is CC(=O)Nc1ccccc1SCCCc1ccccc1. The first kappa shape index (κ1) is 14.7. The Hall–Kier alpha value is -1.74. The number of aryl methyl sites for hydroxylation is 1. The van der Waals surface area contributed by atoms with Crippen molar-refractivity contribution in [2.24, 2.45) is 0 Å². The summed E-state index contributed by atoms with van der Waals surface area (Å²) in [5.41, 5.74) is 2.29. The van der Waals surface area contributed by atoms with E-state index in [-0.39, 0.29) is 5.91 Å². The van der Waals surface area contributed by atoms with Crippen LogP contribution in [0, 0.1) is 0 Å². The second-order valence-electron chi connectivity index (χ2n) is 4.61. The lowest BCUT2D eigenvalue weighted by Crippen LogP contribution is -2.06. The van der Waals surface area contributed by atoms with Crippen molar-refractivity contribution in [2.75, 3.05) is 11.1 Å². The summed E-state index contributed by atoms with van der Waals surface area (Å²) < 4.78 is 0. The van der Waals surface area contributed by atoms with Gasteiger partial charge in [0.05, 0.1) is 5.69 Å². The molecular formula is C17H19NOS. The highest BCUT2D eigenvalue weighted by Gasteiger charge is 2.03. The van der Waals surface area contributed by atoms with Gasteiger partial charge in [-0.1, -0.05) is 42.5 Å². The molecule has 0 radical (unpaired) electrons. The third kappa shape index (κ3) is 4.74. The second-order valence-corrected chi connectivity index (χ2v) is 5.75. The Bertz CT molecular complexity index is 554. The van der Waals surface area contributed by atoms with Crippen molar-refractivity contribution in [3.05, 3.63) is 60.2 Å². The van der Waals surface area contributed by atoms with Crippen LogP contribution >= 0.6 is 11.8 Å². The normalized spacial score (nSPS) is 10.2. The smallest absolute Gasteiger partial charge is 0.221 e. The van der Waals surface area contributed by atoms with Crippen molar-refractivity contribution in [1.29, 1.82) is 0 Å². The third-order valence-electron chi connectivity index (χ3n) is 2.91. The molecule has 0 atom stereocenters. The van der Waals surface area contributed by atoms with Gasteiger partial charge in [-0.3, -0.25) is 4.79 Å². The van der Waals surface area contributed by atoms with E-state index in [0.717, 1.165) is 29.2 Å². The van der Waals surface area contributed by atoms with Crippen LogP contribution in [0.5, 0.6) is 0 Å². The van der Waals surface area contributed by atoms with E-state index in [9.17, 15) is 4.79 Å². The lowest BCUT2D eigenvalue weighted by Gasteiger charge is -2.09. The highest BCUT2D eigenvalue weighted by Crippen LogP contribution is 2.27. The zero-order valence-electron chi connectivity index (χ0n) is 11.6. The van der Waals surface area contributed by atoms with Gasteiger partial charge in [0, 0.05) is 11.8 Å². The summed E-state index contributed by atoms with van der Waals surface area (Å²) in [7, 11) is 0. The maximum atomic E-state index is 11.2. The molecule has 2 aromatic carbocycles. The van der Waals surface area contributed by atoms with Crippen molar-refractivity contribution in [3.8, 4) is 0 Å². The first-order chi connectivity index (χ1) is 9.75. The van der Waals surface area contributed by atoms with E-state index in [4.69, 9.17) is 0 Å². The van der Waals surface area contributed by atoms with Crippen LogP contribution in [0.2, 0.25) is 0 Å². The topological polar surface area (TPSA) is 29.1 Å². The molecule has 0 saturated heterocycles. The van der Waals surface area contributed by atoms with E-state index in [1.165, 1.54) is 12.5 Å². The number of amides is 1. The quantitative estimate of drug-likeness (QED) is 0.631. The van der Waals surface area contributed by atoms with Gasteiger partial charge >= 0.3 is 0 Å². The van der Waals surface area contributed by atoms with Crippen molar-refractivity contribution in [2.45, 2.75) is 24.7 Å². The van der Waals surface area contributed by atoms with Gasteiger partial charge in [0.25, 0.3) is 0 Å². The summed E-state index contributed by atoms with van der Waals surface area (Å²) in [6.07, 6.45) is 2.22. The molecule has 1 amide bonds. The molecule has 0 aliphatic heterocycles. The Kier molecular flexibility index (Phi) is 5.69. The molecule has 20 heavy (non-hydrogen) atoms. The number of nitrogens with one attached hydrogen (secondary N) is 1. The predicted molar refractivity (Wildman–Crippen MR) is 86.2 cm³/mol. The number of rotatable bonds is 6. The number of carbonyl (C=O) groups excluding carboxylic acids is 1. The Balaban J connectivity index is 1.83. The fourth-order valence-corrected chi connectivity index (χ4v) is 2.95. The molecule has 0 bridgehead atoms. The molecule has 2 aromatic rings. The predicted octanol–water partition coefficient (Wildman–Crippen LogP) is 4.37. The molecule has 0 aromatic heterocycles. The van der Waals surface area contributed by atoms with Gasteiger partial charge in [-0.2, -0.15) is 0 Å². The maximum absolute atomic E-state index is 11.2. The van der Waals surface area contributed by atoms with Crippen LogP contribution in [0.4, 0.5) is 5.69 Å². The van der Waals surface area contributed by atoms with Crippen LogP contribution in [0.1, 0.15) is 18.9 Å². The summed E-state index contributed by atoms with van der Waals surface area (Å²) in [4.78, 5) is 12.3. The van der Waals surface area contributed by atoms with Crippen molar-refractivity contribution < 1.29 is 4.79 Å². The van der Waals surface area contributed by atoms with Crippen LogP contribution in [0.3, 0.4) is 0 Å². The molecule has 0 saturated carbocycles. The number of benzene rings is 2. The average molecular weight is 285 g/mol. The monoisotopic (exact) mass is 285 g/mol. The number of thioether (sulfide) groups is 1. The van der Waals surface area contributed by atoms with E-state index in [1.54, 1.807) is 11.8 Å². The zero-order chi connectivity index (χ0) is 14.2. The highest BCUT2D eigenvalue weighted by molar-refractivity contribution is 7.99. The van der Waals surface area contributed by atoms with Gasteiger partial charge in [0.2, 0.25) is 5.91 Å². The van der Waals surface area contributed by atoms with Crippen LogP contribution in [-0.2, 0) is 11.2 Å². The van der Waals surface area contributed by atoms with E-state index < -0.39 is 0 Å². The molecule has 2 nitrogen and oxygen atoms in total. The van der Waals surface area contributed by atoms with Crippen LogP contribution in [-0.4, -0.2) is 11.7 Å².